The summed E-state index contributed by atoms with van der Waals surface area (Å²) in [6, 6.07) is 0.731. The average Bonchev–Trinajstić information content (AvgIpc) is 2.21. The zero-order chi connectivity index (χ0) is 10.2. The second-order valence-electron chi connectivity index (χ2n) is 3.94. The Hall–Kier alpha value is -0.120. The van der Waals surface area contributed by atoms with E-state index in [-0.39, 0.29) is 0 Å². The fourth-order valence-corrected chi connectivity index (χ4v) is 2.15. The molecule has 1 rings (SSSR count). The lowest BCUT2D eigenvalue weighted by molar-refractivity contribution is 0.0777. The summed E-state index contributed by atoms with van der Waals surface area (Å²) in [7, 11) is 2.04. The summed E-state index contributed by atoms with van der Waals surface area (Å²) in [6.45, 7) is 7.24. The number of hydrogen-bond acceptors (Lipinski definition) is 3. The van der Waals surface area contributed by atoms with Crippen molar-refractivity contribution >= 4 is 0 Å². The molecule has 1 heterocycles. The van der Waals surface area contributed by atoms with Gasteiger partial charge in [-0.25, -0.2) is 0 Å². The third-order valence-corrected chi connectivity index (χ3v) is 2.92. The van der Waals surface area contributed by atoms with Crippen molar-refractivity contribution in [2.45, 2.75) is 32.2 Å². The minimum atomic E-state index is 0.731. The molecule has 0 bridgehead atoms. The van der Waals surface area contributed by atoms with Crippen molar-refractivity contribution in [1.29, 1.82) is 0 Å². The molecule has 0 aliphatic carbocycles. The molecule has 0 radical (unpaired) electrons. The van der Waals surface area contributed by atoms with Gasteiger partial charge in [-0.2, -0.15) is 0 Å². The molecular formula is C11H24N2O. The van der Waals surface area contributed by atoms with E-state index in [1.54, 1.807) is 0 Å². The van der Waals surface area contributed by atoms with Crippen LogP contribution in [-0.4, -0.2) is 50.8 Å². The lowest BCUT2D eigenvalue weighted by Gasteiger charge is -2.35. The van der Waals surface area contributed by atoms with Crippen LogP contribution < -0.4 is 5.32 Å². The van der Waals surface area contributed by atoms with Gasteiger partial charge in [0.05, 0.1) is 6.61 Å². The molecule has 0 saturated carbocycles. The van der Waals surface area contributed by atoms with E-state index in [2.05, 4.69) is 17.1 Å². The van der Waals surface area contributed by atoms with Crippen molar-refractivity contribution in [3.05, 3.63) is 0 Å². The van der Waals surface area contributed by atoms with Gasteiger partial charge in [0.1, 0.15) is 0 Å². The molecule has 3 heteroatoms. The highest BCUT2D eigenvalue weighted by Gasteiger charge is 2.20. The summed E-state index contributed by atoms with van der Waals surface area (Å²) >= 11 is 0. The number of likely N-dealkylation sites (tertiary alicyclic amines) is 1. The predicted molar refractivity (Wildman–Crippen MR) is 59.6 cm³/mol. The fraction of sp³-hybridized carbons (Fsp3) is 1.00. The Morgan fingerprint density at radius 2 is 2.29 bits per heavy atom. The fourth-order valence-electron chi connectivity index (χ4n) is 2.15. The smallest absolute Gasteiger partial charge is 0.0593 e. The Bertz CT molecular complexity index is 139. The standard InChI is InChI=1S/C11H24N2O/c1-3-14-9-8-13-7-5-4-6-11(13)10-12-2/h11-12H,3-10H2,1-2H3. The Balaban J connectivity index is 2.22. The minimum Gasteiger partial charge on any atom is -0.380 e. The Kier molecular flexibility index (Phi) is 6.15. The third kappa shape index (κ3) is 3.95. The molecule has 1 N–H and O–H groups in total. The van der Waals surface area contributed by atoms with Crippen molar-refractivity contribution in [2.75, 3.05) is 39.9 Å². The number of rotatable bonds is 6. The summed E-state index contributed by atoms with van der Waals surface area (Å²) in [5, 5.41) is 3.28. The van der Waals surface area contributed by atoms with Crippen molar-refractivity contribution < 1.29 is 4.74 Å². The number of nitrogens with zero attached hydrogens (tertiary/aromatic N) is 1. The quantitative estimate of drug-likeness (QED) is 0.650. The van der Waals surface area contributed by atoms with Crippen LogP contribution in [0.2, 0.25) is 0 Å². The van der Waals surface area contributed by atoms with Crippen LogP contribution in [0.15, 0.2) is 0 Å². The van der Waals surface area contributed by atoms with Gasteiger partial charge in [-0.05, 0) is 33.4 Å². The molecule has 0 spiro atoms. The molecule has 14 heavy (non-hydrogen) atoms. The maximum atomic E-state index is 5.40. The van der Waals surface area contributed by atoms with E-state index in [1.165, 1.54) is 25.8 Å². The summed E-state index contributed by atoms with van der Waals surface area (Å²) in [4.78, 5) is 2.57. The van der Waals surface area contributed by atoms with Gasteiger partial charge in [-0.1, -0.05) is 6.42 Å². The second kappa shape index (κ2) is 7.21. The zero-order valence-electron chi connectivity index (χ0n) is 9.59. The first-order valence-corrected chi connectivity index (χ1v) is 5.85. The number of nitrogens with one attached hydrogen (secondary N) is 1. The van der Waals surface area contributed by atoms with Gasteiger partial charge in [-0.3, -0.25) is 4.90 Å². The molecule has 0 aromatic heterocycles. The monoisotopic (exact) mass is 200 g/mol. The molecule has 1 saturated heterocycles. The molecule has 1 atom stereocenters. The highest BCUT2D eigenvalue weighted by Crippen LogP contribution is 2.15. The van der Waals surface area contributed by atoms with Crippen molar-refractivity contribution in [2.24, 2.45) is 0 Å². The summed E-state index contributed by atoms with van der Waals surface area (Å²) in [5.74, 6) is 0. The maximum absolute atomic E-state index is 5.40. The van der Waals surface area contributed by atoms with Gasteiger partial charge < -0.3 is 10.1 Å². The van der Waals surface area contributed by atoms with E-state index in [9.17, 15) is 0 Å². The van der Waals surface area contributed by atoms with Crippen LogP contribution in [0.5, 0.6) is 0 Å². The molecule has 3 nitrogen and oxygen atoms in total. The summed E-state index contributed by atoms with van der Waals surface area (Å²) in [5.41, 5.74) is 0. The highest BCUT2D eigenvalue weighted by atomic mass is 16.5. The largest absolute Gasteiger partial charge is 0.380 e. The predicted octanol–water partition coefficient (Wildman–Crippen LogP) is 1.10. The topological polar surface area (TPSA) is 24.5 Å². The molecule has 0 amide bonds. The summed E-state index contributed by atoms with van der Waals surface area (Å²) < 4.78 is 5.40. The summed E-state index contributed by atoms with van der Waals surface area (Å²) in [6.07, 6.45) is 4.08. The number of likely N-dealkylation sites (N-methyl/N-ethyl adjacent to an activating group) is 1. The molecule has 0 aromatic carbocycles. The second-order valence-corrected chi connectivity index (χ2v) is 3.94. The highest BCUT2D eigenvalue weighted by molar-refractivity contribution is 4.77. The molecule has 1 unspecified atom stereocenters. The Morgan fingerprint density at radius 3 is 3.00 bits per heavy atom. The third-order valence-electron chi connectivity index (χ3n) is 2.92. The van der Waals surface area contributed by atoms with Crippen molar-refractivity contribution in [3.8, 4) is 0 Å². The van der Waals surface area contributed by atoms with E-state index in [4.69, 9.17) is 4.74 Å². The lowest BCUT2D eigenvalue weighted by atomic mass is 10.0. The minimum absolute atomic E-state index is 0.731. The van der Waals surface area contributed by atoms with Crippen molar-refractivity contribution in [3.63, 3.8) is 0 Å². The zero-order valence-corrected chi connectivity index (χ0v) is 9.59. The van der Waals surface area contributed by atoms with Crippen LogP contribution >= 0.6 is 0 Å². The first-order chi connectivity index (χ1) is 6.88. The van der Waals surface area contributed by atoms with E-state index in [1.807, 2.05) is 7.05 Å². The van der Waals surface area contributed by atoms with Gasteiger partial charge in [0.2, 0.25) is 0 Å². The van der Waals surface area contributed by atoms with Gasteiger partial charge in [-0.15, -0.1) is 0 Å². The number of ether oxygens (including phenoxy) is 1. The van der Waals surface area contributed by atoms with Crippen LogP contribution in [-0.2, 0) is 4.74 Å². The Morgan fingerprint density at radius 1 is 1.43 bits per heavy atom. The van der Waals surface area contributed by atoms with Gasteiger partial charge >= 0.3 is 0 Å². The van der Waals surface area contributed by atoms with E-state index >= 15 is 0 Å². The van der Waals surface area contributed by atoms with E-state index < -0.39 is 0 Å². The first kappa shape index (κ1) is 12.0. The van der Waals surface area contributed by atoms with Crippen LogP contribution in [0.25, 0.3) is 0 Å². The first-order valence-electron chi connectivity index (χ1n) is 5.85. The molecule has 1 fully saturated rings. The van der Waals surface area contributed by atoms with Crippen LogP contribution in [0.3, 0.4) is 0 Å². The van der Waals surface area contributed by atoms with Crippen LogP contribution in [0.1, 0.15) is 26.2 Å². The lowest BCUT2D eigenvalue weighted by Crippen LogP contribution is -2.46. The van der Waals surface area contributed by atoms with Gasteiger partial charge in [0.15, 0.2) is 0 Å². The van der Waals surface area contributed by atoms with Gasteiger partial charge in [0, 0.05) is 25.7 Å². The van der Waals surface area contributed by atoms with Crippen LogP contribution in [0.4, 0.5) is 0 Å². The SMILES string of the molecule is CCOCCN1CCCCC1CNC. The maximum Gasteiger partial charge on any atom is 0.0593 e. The van der Waals surface area contributed by atoms with Crippen LogP contribution in [0, 0.1) is 0 Å². The number of hydrogen-bond donors (Lipinski definition) is 1. The van der Waals surface area contributed by atoms with E-state index in [0.717, 1.165) is 32.3 Å². The molecule has 0 aromatic rings. The molecule has 1 aliphatic rings. The molecule has 84 valence electrons. The van der Waals surface area contributed by atoms with E-state index in [0.29, 0.717) is 0 Å². The number of piperidine rings is 1. The van der Waals surface area contributed by atoms with Crippen molar-refractivity contribution in [1.82, 2.24) is 10.2 Å². The molecular weight excluding hydrogens is 176 g/mol. The average molecular weight is 200 g/mol. The normalized spacial score (nSPS) is 24.0. The molecule has 1 aliphatic heterocycles. The Labute approximate surface area is 87.8 Å². The van der Waals surface area contributed by atoms with Gasteiger partial charge in [0.25, 0.3) is 0 Å².